The average molecular weight is 576 g/mol. The molecule has 16 nitrogen and oxygen atoms in total. The summed E-state index contributed by atoms with van der Waals surface area (Å²) in [6, 6.07) is 0. The minimum atomic E-state index is 0. The molecule has 7 aromatic rings. The van der Waals surface area contributed by atoms with E-state index in [1.54, 1.807) is 49.6 Å². The van der Waals surface area contributed by atoms with Crippen molar-refractivity contribution in [2.24, 2.45) is 0 Å². The van der Waals surface area contributed by atoms with Gasteiger partial charge in [0.25, 0.3) is 0 Å². The van der Waals surface area contributed by atoms with Crippen molar-refractivity contribution in [1.29, 1.82) is 0 Å². The number of nitrogens with zero attached hydrogens (tertiary/aromatic N) is 16. The van der Waals surface area contributed by atoms with Crippen LogP contribution in [-0.2, 0) is 17.1 Å². The van der Waals surface area contributed by atoms with Crippen molar-refractivity contribution in [3.8, 4) is 46.1 Å². The smallest absolute Gasteiger partial charge is 0.354 e. The minimum absolute atomic E-state index is 0. The van der Waals surface area contributed by atoms with E-state index in [0.717, 1.165) is 0 Å². The fraction of sp³-hybridized carbons (Fsp3) is 0. The molecule has 192 valence electrons. The van der Waals surface area contributed by atoms with Gasteiger partial charge >= 0.3 is 17.1 Å². The summed E-state index contributed by atoms with van der Waals surface area (Å²) in [6.45, 7) is 0. The Bertz CT molecular complexity index is 2040. The van der Waals surface area contributed by atoms with Gasteiger partial charge < -0.3 is 29.9 Å². The number of hydrogen-bond donors (Lipinski definition) is 0. The molecule has 0 aliphatic carbocycles. The van der Waals surface area contributed by atoms with E-state index in [0.29, 0.717) is 44.8 Å². The van der Waals surface area contributed by atoms with Gasteiger partial charge in [-0.15, -0.1) is 0 Å². The van der Waals surface area contributed by atoms with E-state index >= 15 is 0 Å². The van der Waals surface area contributed by atoms with Crippen molar-refractivity contribution in [3.05, 3.63) is 49.6 Å². The molecular weight excluding hydrogens is 568 g/mol. The molecule has 9 rings (SSSR count). The van der Waals surface area contributed by atoms with Gasteiger partial charge in [-0.25, -0.2) is 9.97 Å². The number of fused-ring (bicyclic) bond motifs is 20. The molecule has 2 aliphatic rings. The Morgan fingerprint density at radius 2 is 0.561 bits per heavy atom. The largest absolute Gasteiger partial charge is 2.00 e. The second kappa shape index (κ2) is 8.60. The molecule has 41 heavy (non-hydrogen) atoms. The molecule has 8 bridgehead atoms. The quantitative estimate of drug-likeness (QED) is 0.233. The van der Waals surface area contributed by atoms with Crippen LogP contribution in [0.5, 0.6) is 0 Å². The van der Waals surface area contributed by atoms with Crippen LogP contribution in [0.2, 0.25) is 0 Å². The Morgan fingerprint density at radius 3 is 0.829 bits per heavy atom. The Labute approximate surface area is 236 Å². The van der Waals surface area contributed by atoms with Crippen LogP contribution in [0.25, 0.3) is 90.7 Å². The van der Waals surface area contributed by atoms with Crippen LogP contribution in [-0.4, -0.2) is 69.8 Å². The molecular formula is C24H8FeN16. The number of rotatable bonds is 0. The van der Waals surface area contributed by atoms with Gasteiger partial charge in [0.2, 0.25) is 0 Å². The predicted molar refractivity (Wildman–Crippen MR) is 136 cm³/mol. The van der Waals surface area contributed by atoms with E-state index < -0.39 is 0 Å². The van der Waals surface area contributed by atoms with Crippen LogP contribution in [0.15, 0.2) is 49.6 Å². The standard InChI is InChI=1S/C24H8N16.Fe/c1-2-26-10-9(25-1)17-33-18(10)38-20-13-14(30-6-5-29-13)22(35-20)40-24-16-15(31-7-8-32-16)23(36-24)39-21-12-11(19(34-21)37-17)27-3-4-28-12;/h1-8H;/q-2;+2. The minimum Gasteiger partial charge on any atom is -0.354 e. The first kappa shape index (κ1) is 23.1. The maximum atomic E-state index is 4.69. The normalized spacial score (nSPS) is 11.7. The van der Waals surface area contributed by atoms with E-state index in [2.05, 4.69) is 79.7 Å². The summed E-state index contributed by atoms with van der Waals surface area (Å²) in [5.41, 5.74) is 4.45. The van der Waals surface area contributed by atoms with Crippen molar-refractivity contribution in [2.75, 3.05) is 0 Å². The zero-order chi connectivity index (χ0) is 26.2. The fourth-order valence-electron chi connectivity index (χ4n) is 4.51. The van der Waals surface area contributed by atoms with Gasteiger partial charge in [-0.3, -0.25) is 39.9 Å². The Morgan fingerprint density at radius 1 is 0.317 bits per heavy atom. The van der Waals surface area contributed by atoms with Crippen molar-refractivity contribution >= 4 is 44.7 Å². The van der Waals surface area contributed by atoms with Crippen molar-refractivity contribution in [3.63, 3.8) is 0 Å². The van der Waals surface area contributed by atoms with Crippen molar-refractivity contribution in [1.82, 2.24) is 79.7 Å². The molecule has 0 unspecified atom stereocenters. The maximum Gasteiger partial charge on any atom is 2.00 e. The second-order valence-electron chi connectivity index (χ2n) is 8.50. The van der Waals surface area contributed by atoms with Crippen LogP contribution in [0.4, 0.5) is 0 Å². The van der Waals surface area contributed by atoms with Gasteiger partial charge in [-0.05, 0) is 0 Å². The summed E-state index contributed by atoms with van der Waals surface area (Å²) in [5, 5.41) is 0. The summed E-state index contributed by atoms with van der Waals surface area (Å²) < 4.78 is 0. The molecule has 0 saturated heterocycles. The summed E-state index contributed by atoms with van der Waals surface area (Å²) in [7, 11) is 0. The van der Waals surface area contributed by atoms with Gasteiger partial charge in [-0.2, -0.15) is 0 Å². The predicted octanol–water partition coefficient (Wildman–Crippen LogP) is 1.28. The first-order chi connectivity index (χ1) is 19.8. The van der Waals surface area contributed by atoms with E-state index in [-0.39, 0.29) is 63.0 Å². The number of hydrogen-bond acceptors (Lipinski definition) is 14. The molecule has 0 saturated carbocycles. The Balaban J connectivity index is 0.00000256. The van der Waals surface area contributed by atoms with E-state index in [4.69, 9.17) is 0 Å². The number of aromatic nitrogens is 16. The third-order valence-electron chi connectivity index (χ3n) is 6.18. The van der Waals surface area contributed by atoms with Crippen molar-refractivity contribution in [2.45, 2.75) is 0 Å². The molecule has 17 heteroatoms. The third kappa shape index (κ3) is 3.39. The van der Waals surface area contributed by atoms with Crippen LogP contribution in [0.3, 0.4) is 0 Å². The second-order valence-corrected chi connectivity index (χ2v) is 8.50. The molecule has 0 N–H and O–H groups in total. The van der Waals surface area contributed by atoms with Crippen LogP contribution < -0.4 is 9.97 Å². The summed E-state index contributed by atoms with van der Waals surface area (Å²) in [4.78, 5) is 72.8. The first-order valence-corrected chi connectivity index (χ1v) is 11.8. The fourth-order valence-corrected chi connectivity index (χ4v) is 4.51. The van der Waals surface area contributed by atoms with Gasteiger partial charge in [0.1, 0.15) is 68.1 Å². The van der Waals surface area contributed by atoms with Gasteiger partial charge in [0.15, 0.2) is 0 Å². The monoisotopic (exact) mass is 576 g/mol. The van der Waals surface area contributed by atoms with Gasteiger partial charge in [0.05, 0.1) is 0 Å². The topological polar surface area (TPSA) is 209 Å². The molecule has 2 aliphatic heterocycles. The van der Waals surface area contributed by atoms with E-state index in [1.807, 2.05) is 0 Å². The molecule has 0 amide bonds. The maximum absolute atomic E-state index is 4.69. The Hall–Kier alpha value is -5.80. The van der Waals surface area contributed by atoms with Crippen molar-refractivity contribution < 1.29 is 17.1 Å². The molecule has 9 heterocycles. The Kier molecular flexibility index (Phi) is 4.85. The van der Waals surface area contributed by atoms with E-state index in [9.17, 15) is 0 Å². The molecule has 0 fully saturated rings. The zero-order valence-corrected chi connectivity index (χ0v) is 21.2. The molecule has 0 atom stereocenters. The zero-order valence-electron chi connectivity index (χ0n) is 20.1. The van der Waals surface area contributed by atoms with Gasteiger partial charge in [-0.1, -0.05) is 0 Å². The van der Waals surface area contributed by atoms with E-state index in [1.165, 1.54) is 0 Å². The first-order valence-electron chi connectivity index (χ1n) is 11.8. The molecule has 7 aromatic heterocycles. The molecule has 0 aromatic carbocycles. The summed E-state index contributed by atoms with van der Waals surface area (Å²) >= 11 is 0. The SMILES string of the molecule is [Fe+2].c1cnc2c(n1)-c1nc-2nc2[n-]c(nc3nc(nc4[n-]c(n1)c1nccnc41)-c1nccnc1-3)c1nccnc21. The summed E-state index contributed by atoms with van der Waals surface area (Å²) in [6.07, 6.45) is 12.4. The van der Waals surface area contributed by atoms with Crippen LogP contribution in [0.1, 0.15) is 0 Å². The third-order valence-corrected chi connectivity index (χ3v) is 6.18. The van der Waals surface area contributed by atoms with Crippen LogP contribution in [0, 0.1) is 0 Å². The van der Waals surface area contributed by atoms with Gasteiger partial charge in [0, 0.05) is 72.2 Å². The van der Waals surface area contributed by atoms with Crippen LogP contribution >= 0.6 is 0 Å². The average Bonchev–Trinajstić information content (AvgIpc) is 3.73. The molecule has 0 spiro atoms. The molecule has 0 radical (unpaired) electrons. The summed E-state index contributed by atoms with van der Waals surface area (Å²) in [5.74, 6) is 1.01.